The highest BCUT2D eigenvalue weighted by Crippen LogP contribution is 2.31. The van der Waals surface area contributed by atoms with Gasteiger partial charge in [-0.1, -0.05) is 20.8 Å². The summed E-state index contributed by atoms with van der Waals surface area (Å²) in [5.41, 5.74) is 10.5. The molecular weight excluding hydrogens is 224 g/mol. The number of pyridine rings is 1. The van der Waals surface area contributed by atoms with Gasteiger partial charge in [-0.15, -0.1) is 0 Å². The molecule has 2 heterocycles. The zero-order valence-corrected chi connectivity index (χ0v) is 11.7. The number of anilines is 1. The maximum absolute atomic E-state index is 5.81. The third kappa shape index (κ3) is 2.23. The van der Waals surface area contributed by atoms with Crippen molar-refractivity contribution >= 4 is 5.69 Å². The number of nitrogens with two attached hydrogens (primary N) is 1. The largest absolute Gasteiger partial charge is 0.397 e. The van der Waals surface area contributed by atoms with E-state index in [9.17, 15) is 0 Å². The van der Waals surface area contributed by atoms with Crippen LogP contribution >= 0.6 is 0 Å². The van der Waals surface area contributed by atoms with Crippen LogP contribution in [0.25, 0.3) is 11.3 Å². The highest BCUT2D eigenvalue weighted by atomic mass is 15.3. The number of hydrogen-bond donors (Lipinski definition) is 1. The second-order valence-corrected chi connectivity index (χ2v) is 5.69. The average molecular weight is 244 g/mol. The van der Waals surface area contributed by atoms with Gasteiger partial charge in [-0.2, -0.15) is 5.10 Å². The molecule has 0 fully saturated rings. The number of hydrogen-bond acceptors (Lipinski definition) is 3. The fraction of sp³-hybridized carbons (Fsp3) is 0.429. The quantitative estimate of drug-likeness (QED) is 0.839. The van der Waals surface area contributed by atoms with E-state index in [0.29, 0.717) is 0 Å². The lowest BCUT2D eigenvalue weighted by Gasteiger charge is -2.17. The summed E-state index contributed by atoms with van der Waals surface area (Å²) in [6, 6.07) is 3.85. The molecule has 2 rings (SSSR count). The third-order valence-corrected chi connectivity index (χ3v) is 2.94. The van der Waals surface area contributed by atoms with Crippen LogP contribution in [0.5, 0.6) is 0 Å². The Labute approximate surface area is 108 Å². The monoisotopic (exact) mass is 244 g/mol. The molecule has 2 N–H and O–H groups in total. The lowest BCUT2D eigenvalue weighted by Crippen LogP contribution is -2.14. The minimum Gasteiger partial charge on any atom is -0.397 e. The van der Waals surface area contributed by atoms with Crippen LogP contribution in [-0.4, -0.2) is 14.8 Å². The fourth-order valence-corrected chi connectivity index (χ4v) is 1.95. The number of nitrogen functional groups attached to an aromatic ring is 1. The maximum Gasteiger partial charge on any atom is 0.0771 e. The Bertz CT molecular complexity index is 576. The van der Waals surface area contributed by atoms with Crippen molar-refractivity contribution in [3.05, 3.63) is 29.7 Å². The van der Waals surface area contributed by atoms with Crippen molar-refractivity contribution in [3.8, 4) is 11.3 Å². The second kappa shape index (κ2) is 4.12. The van der Waals surface area contributed by atoms with Gasteiger partial charge in [0.2, 0.25) is 0 Å². The Kier molecular flexibility index (Phi) is 2.89. The van der Waals surface area contributed by atoms with Gasteiger partial charge in [0, 0.05) is 24.2 Å². The molecule has 0 saturated heterocycles. The molecule has 4 nitrogen and oxygen atoms in total. The van der Waals surface area contributed by atoms with E-state index >= 15 is 0 Å². The topological polar surface area (TPSA) is 56.7 Å². The summed E-state index contributed by atoms with van der Waals surface area (Å²) in [6.07, 6.45) is 2.01. The summed E-state index contributed by atoms with van der Waals surface area (Å²) >= 11 is 0. The van der Waals surface area contributed by atoms with E-state index in [0.717, 1.165) is 28.3 Å². The number of rotatable bonds is 1. The standard InChI is InChI=1S/C14H20N4/c1-9-11(15)6-7-12(16-9)10-8-18(5)17-13(10)14(2,3)4/h6-8H,15H2,1-5H3. The molecule has 2 aromatic heterocycles. The first kappa shape index (κ1) is 12.6. The first-order valence-corrected chi connectivity index (χ1v) is 6.06. The zero-order valence-electron chi connectivity index (χ0n) is 11.7. The summed E-state index contributed by atoms with van der Waals surface area (Å²) in [5, 5.41) is 4.56. The Morgan fingerprint density at radius 1 is 1.22 bits per heavy atom. The molecular formula is C14H20N4. The van der Waals surface area contributed by atoms with Crippen molar-refractivity contribution in [2.45, 2.75) is 33.1 Å². The smallest absolute Gasteiger partial charge is 0.0771 e. The van der Waals surface area contributed by atoms with E-state index in [-0.39, 0.29) is 5.41 Å². The van der Waals surface area contributed by atoms with Crippen molar-refractivity contribution < 1.29 is 0 Å². The predicted molar refractivity (Wildman–Crippen MR) is 74.3 cm³/mol. The van der Waals surface area contributed by atoms with Gasteiger partial charge in [0.05, 0.1) is 22.8 Å². The van der Waals surface area contributed by atoms with Gasteiger partial charge in [-0.05, 0) is 19.1 Å². The van der Waals surface area contributed by atoms with Gasteiger partial charge in [-0.25, -0.2) is 0 Å². The van der Waals surface area contributed by atoms with E-state index in [2.05, 4.69) is 30.9 Å². The van der Waals surface area contributed by atoms with Crippen LogP contribution in [0.4, 0.5) is 5.69 Å². The molecule has 0 radical (unpaired) electrons. The van der Waals surface area contributed by atoms with Crippen LogP contribution in [0, 0.1) is 6.92 Å². The van der Waals surface area contributed by atoms with Gasteiger partial charge in [0.1, 0.15) is 0 Å². The highest BCUT2D eigenvalue weighted by molar-refractivity contribution is 5.65. The van der Waals surface area contributed by atoms with Crippen LogP contribution in [0.15, 0.2) is 18.3 Å². The first-order chi connectivity index (χ1) is 8.29. The normalized spacial score (nSPS) is 11.8. The molecule has 0 aliphatic heterocycles. The predicted octanol–water partition coefficient (Wildman–Crippen LogP) is 2.67. The third-order valence-electron chi connectivity index (χ3n) is 2.94. The summed E-state index contributed by atoms with van der Waals surface area (Å²) in [7, 11) is 1.93. The van der Waals surface area contributed by atoms with E-state index < -0.39 is 0 Å². The van der Waals surface area contributed by atoms with Crippen molar-refractivity contribution in [2.75, 3.05) is 5.73 Å². The number of aryl methyl sites for hydroxylation is 2. The van der Waals surface area contributed by atoms with Crippen molar-refractivity contribution in [3.63, 3.8) is 0 Å². The second-order valence-electron chi connectivity index (χ2n) is 5.69. The van der Waals surface area contributed by atoms with Crippen LogP contribution < -0.4 is 5.73 Å². The molecule has 0 aliphatic carbocycles. The molecule has 0 aromatic carbocycles. The van der Waals surface area contributed by atoms with E-state index in [1.165, 1.54) is 0 Å². The van der Waals surface area contributed by atoms with Crippen LogP contribution in [0.2, 0.25) is 0 Å². The molecule has 0 saturated carbocycles. The van der Waals surface area contributed by atoms with E-state index in [4.69, 9.17) is 5.73 Å². The average Bonchev–Trinajstić information content (AvgIpc) is 2.64. The Morgan fingerprint density at radius 3 is 2.44 bits per heavy atom. The van der Waals surface area contributed by atoms with Gasteiger partial charge in [-0.3, -0.25) is 9.67 Å². The SMILES string of the molecule is Cc1nc(-c2cn(C)nc2C(C)(C)C)ccc1N. The lowest BCUT2D eigenvalue weighted by atomic mass is 9.88. The van der Waals surface area contributed by atoms with Crippen molar-refractivity contribution in [1.82, 2.24) is 14.8 Å². The Hall–Kier alpha value is -1.84. The van der Waals surface area contributed by atoms with Crippen LogP contribution in [0.3, 0.4) is 0 Å². The van der Waals surface area contributed by atoms with Crippen molar-refractivity contribution in [1.29, 1.82) is 0 Å². The maximum atomic E-state index is 5.81. The van der Waals surface area contributed by atoms with Gasteiger partial charge < -0.3 is 5.73 Å². The Balaban J connectivity index is 2.60. The molecule has 0 atom stereocenters. The molecule has 0 bridgehead atoms. The lowest BCUT2D eigenvalue weighted by molar-refractivity contribution is 0.554. The van der Waals surface area contributed by atoms with Gasteiger partial charge in [0.25, 0.3) is 0 Å². The minimum atomic E-state index is -0.00638. The molecule has 4 heteroatoms. The molecule has 2 aromatic rings. The molecule has 96 valence electrons. The zero-order chi connectivity index (χ0) is 13.5. The molecule has 0 amide bonds. The fourth-order valence-electron chi connectivity index (χ4n) is 1.95. The molecule has 18 heavy (non-hydrogen) atoms. The molecule has 0 unspecified atom stereocenters. The van der Waals surface area contributed by atoms with E-state index in [1.54, 1.807) is 0 Å². The minimum absolute atomic E-state index is 0.00638. The molecule has 0 spiro atoms. The summed E-state index contributed by atoms with van der Waals surface area (Å²) in [5.74, 6) is 0. The van der Waals surface area contributed by atoms with Crippen molar-refractivity contribution in [2.24, 2.45) is 7.05 Å². The van der Waals surface area contributed by atoms with Crippen LogP contribution in [0.1, 0.15) is 32.2 Å². The van der Waals surface area contributed by atoms with Gasteiger partial charge in [0.15, 0.2) is 0 Å². The van der Waals surface area contributed by atoms with E-state index in [1.807, 2.05) is 37.0 Å². The molecule has 0 aliphatic rings. The van der Waals surface area contributed by atoms with Gasteiger partial charge >= 0.3 is 0 Å². The first-order valence-electron chi connectivity index (χ1n) is 6.06. The summed E-state index contributed by atoms with van der Waals surface area (Å²) in [4.78, 5) is 4.55. The highest BCUT2D eigenvalue weighted by Gasteiger charge is 2.23. The summed E-state index contributed by atoms with van der Waals surface area (Å²) < 4.78 is 1.84. The number of aromatic nitrogens is 3. The van der Waals surface area contributed by atoms with Crippen LogP contribution in [-0.2, 0) is 12.5 Å². The Morgan fingerprint density at radius 2 is 1.89 bits per heavy atom. The number of nitrogens with zero attached hydrogens (tertiary/aromatic N) is 3. The summed E-state index contributed by atoms with van der Waals surface area (Å²) in [6.45, 7) is 8.39.